The topological polar surface area (TPSA) is 30.7 Å². The van der Waals surface area contributed by atoms with E-state index in [4.69, 9.17) is 11.6 Å². The average molecular weight is 471 g/mol. The van der Waals surface area contributed by atoms with Gasteiger partial charge in [0.05, 0.1) is 0 Å². The number of nitrogens with zero attached hydrogens (tertiary/aromatic N) is 3. The van der Waals surface area contributed by atoms with E-state index in [0.717, 1.165) is 32.5 Å². The van der Waals surface area contributed by atoms with Crippen molar-refractivity contribution in [3.05, 3.63) is 93.4 Å². The Balaban J connectivity index is 1.72. The minimum atomic E-state index is 0.704. The lowest BCUT2D eigenvalue weighted by atomic mass is 10.2. The summed E-state index contributed by atoms with van der Waals surface area (Å²) < 4.78 is 3.18. The summed E-state index contributed by atoms with van der Waals surface area (Å²) in [6, 6.07) is 24.4. The standard InChI is InChI=1S/C22H17BrClN3S/c1-15-2-12-20(13-3-15)27-21(17-6-10-19(24)11-7-17)25-26-22(27)28-14-16-4-8-18(23)9-5-16/h2-13H,14H2,1H3. The summed E-state index contributed by atoms with van der Waals surface area (Å²) in [5.41, 5.74) is 4.47. The van der Waals surface area contributed by atoms with Crippen LogP contribution in [0, 0.1) is 6.92 Å². The number of benzene rings is 3. The summed E-state index contributed by atoms with van der Waals surface area (Å²) >= 11 is 11.2. The molecular formula is C22H17BrClN3S. The molecule has 1 heterocycles. The Bertz CT molecular complexity index is 1070. The van der Waals surface area contributed by atoms with Crippen LogP contribution >= 0.6 is 39.3 Å². The molecule has 0 atom stereocenters. The van der Waals surface area contributed by atoms with Gasteiger partial charge < -0.3 is 0 Å². The van der Waals surface area contributed by atoms with Crippen LogP contribution < -0.4 is 0 Å². The van der Waals surface area contributed by atoms with E-state index >= 15 is 0 Å². The quantitative estimate of drug-likeness (QED) is 0.296. The van der Waals surface area contributed by atoms with Gasteiger partial charge in [-0.1, -0.05) is 69.1 Å². The molecule has 0 bridgehead atoms. The highest BCUT2D eigenvalue weighted by Gasteiger charge is 2.16. The number of halogens is 2. The van der Waals surface area contributed by atoms with E-state index < -0.39 is 0 Å². The molecular weight excluding hydrogens is 454 g/mol. The minimum absolute atomic E-state index is 0.704. The van der Waals surface area contributed by atoms with Crippen LogP contribution in [0.1, 0.15) is 11.1 Å². The van der Waals surface area contributed by atoms with Crippen LogP contribution in [0.2, 0.25) is 5.02 Å². The first kappa shape index (κ1) is 19.2. The second-order valence-corrected chi connectivity index (χ2v) is 8.69. The van der Waals surface area contributed by atoms with E-state index in [-0.39, 0.29) is 0 Å². The molecule has 140 valence electrons. The van der Waals surface area contributed by atoms with E-state index in [1.54, 1.807) is 11.8 Å². The number of rotatable bonds is 5. The fourth-order valence-electron chi connectivity index (χ4n) is 2.80. The number of hydrogen-bond acceptors (Lipinski definition) is 3. The zero-order chi connectivity index (χ0) is 19.5. The number of aromatic nitrogens is 3. The van der Waals surface area contributed by atoms with Crippen LogP contribution in [0.15, 0.2) is 82.4 Å². The fourth-order valence-corrected chi connectivity index (χ4v) is 4.10. The summed E-state index contributed by atoms with van der Waals surface area (Å²) in [7, 11) is 0. The van der Waals surface area contributed by atoms with Gasteiger partial charge in [-0.3, -0.25) is 4.57 Å². The lowest BCUT2D eigenvalue weighted by Gasteiger charge is -2.11. The van der Waals surface area contributed by atoms with Gasteiger partial charge in [0, 0.05) is 26.5 Å². The minimum Gasteiger partial charge on any atom is -0.270 e. The molecule has 0 aliphatic carbocycles. The first-order valence-electron chi connectivity index (χ1n) is 8.76. The largest absolute Gasteiger partial charge is 0.270 e. The van der Waals surface area contributed by atoms with Gasteiger partial charge in [0.2, 0.25) is 0 Å². The Morgan fingerprint density at radius 3 is 2.25 bits per heavy atom. The third kappa shape index (κ3) is 4.32. The van der Waals surface area contributed by atoms with E-state index in [9.17, 15) is 0 Å². The lowest BCUT2D eigenvalue weighted by molar-refractivity contribution is 0.885. The van der Waals surface area contributed by atoms with Crippen molar-refractivity contribution in [2.45, 2.75) is 17.8 Å². The van der Waals surface area contributed by atoms with Gasteiger partial charge in [0.25, 0.3) is 0 Å². The zero-order valence-corrected chi connectivity index (χ0v) is 18.3. The summed E-state index contributed by atoms with van der Waals surface area (Å²) in [6.07, 6.45) is 0. The van der Waals surface area contributed by atoms with Gasteiger partial charge in [-0.2, -0.15) is 0 Å². The van der Waals surface area contributed by atoms with Crippen molar-refractivity contribution in [3.63, 3.8) is 0 Å². The molecule has 0 amide bonds. The van der Waals surface area contributed by atoms with Crippen LogP contribution in [0.5, 0.6) is 0 Å². The Morgan fingerprint density at radius 1 is 0.893 bits per heavy atom. The van der Waals surface area contributed by atoms with Gasteiger partial charge in [0.1, 0.15) is 0 Å². The monoisotopic (exact) mass is 469 g/mol. The van der Waals surface area contributed by atoms with Crippen molar-refractivity contribution in [2.75, 3.05) is 0 Å². The van der Waals surface area contributed by atoms with Gasteiger partial charge in [0.15, 0.2) is 11.0 Å². The van der Waals surface area contributed by atoms with E-state index in [1.807, 2.05) is 24.3 Å². The lowest BCUT2D eigenvalue weighted by Crippen LogP contribution is -2.00. The van der Waals surface area contributed by atoms with Crippen LogP contribution in [0.4, 0.5) is 0 Å². The van der Waals surface area contributed by atoms with Crippen LogP contribution in [-0.2, 0) is 5.75 Å². The molecule has 0 spiro atoms. The van der Waals surface area contributed by atoms with Crippen LogP contribution in [-0.4, -0.2) is 14.8 Å². The van der Waals surface area contributed by atoms with Gasteiger partial charge in [-0.15, -0.1) is 10.2 Å². The Kier molecular flexibility index (Phi) is 5.85. The molecule has 28 heavy (non-hydrogen) atoms. The summed E-state index contributed by atoms with van der Waals surface area (Å²) in [5.74, 6) is 1.62. The van der Waals surface area contributed by atoms with E-state index in [0.29, 0.717) is 5.02 Å². The highest BCUT2D eigenvalue weighted by Crippen LogP contribution is 2.30. The number of aryl methyl sites for hydroxylation is 1. The smallest absolute Gasteiger partial charge is 0.196 e. The fraction of sp³-hybridized carbons (Fsp3) is 0.0909. The number of thioether (sulfide) groups is 1. The van der Waals surface area contributed by atoms with Gasteiger partial charge in [-0.25, -0.2) is 0 Å². The van der Waals surface area contributed by atoms with Crippen molar-refractivity contribution in [1.82, 2.24) is 14.8 Å². The number of hydrogen-bond donors (Lipinski definition) is 0. The predicted octanol–water partition coefficient (Wildman–Crippen LogP) is 6.95. The average Bonchev–Trinajstić information content (AvgIpc) is 3.13. The van der Waals surface area contributed by atoms with Gasteiger partial charge in [-0.05, 0) is 61.0 Å². The van der Waals surface area contributed by atoms with Crippen molar-refractivity contribution in [3.8, 4) is 17.1 Å². The summed E-state index contributed by atoms with van der Waals surface area (Å²) in [5, 5.41) is 10.5. The Labute approximate surface area is 181 Å². The summed E-state index contributed by atoms with van der Waals surface area (Å²) in [4.78, 5) is 0. The molecule has 0 N–H and O–H groups in total. The predicted molar refractivity (Wildman–Crippen MR) is 120 cm³/mol. The first-order chi connectivity index (χ1) is 13.6. The molecule has 4 aromatic rings. The molecule has 3 nitrogen and oxygen atoms in total. The molecule has 0 unspecified atom stereocenters. The zero-order valence-electron chi connectivity index (χ0n) is 15.1. The maximum Gasteiger partial charge on any atom is 0.196 e. The molecule has 0 aliphatic rings. The Hall–Kier alpha value is -2.08. The molecule has 4 rings (SSSR count). The second kappa shape index (κ2) is 8.52. The maximum atomic E-state index is 6.06. The first-order valence-corrected chi connectivity index (χ1v) is 10.9. The maximum absolute atomic E-state index is 6.06. The van der Waals surface area contributed by atoms with Crippen molar-refractivity contribution in [1.29, 1.82) is 0 Å². The molecule has 1 aromatic heterocycles. The second-order valence-electron chi connectivity index (χ2n) is 6.40. The van der Waals surface area contributed by atoms with Gasteiger partial charge >= 0.3 is 0 Å². The van der Waals surface area contributed by atoms with Crippen LogP contribution in [0.25, 0.3) is 17.1 Å². The Morgan fingerprint density at radius 2 is 1.57 bits per heavy atom. The molecule has 0 aliphatic heterocycles. The highest BCUT2D eigenvalue weighted by molar-refractivity contribution is 9.10. The molecule has 0 saturated carbocycles. The van der Waals surface area contributed by atoms with E-state index in [1.165, 1.54) is 11.1 Å². The van der Waals surface area contributed by atoms with Crippen molar-refractivity contribution < 1.29 is 0 Å². The molecule has 6 heteroatoms. The van der Waals surface area contributed by atoms with Crippen molar-refractivity contribution >= 4 is 39.3 Å². The molecule has 3 aromatic carbocycles. The SMILES string of the molecule is Cc1ccc(-n2c(SCc3ccc(Br)cc3)nnc2-c2ccc(Cl)cc2)cc1. The third-order valence-corrected chi connectivity index (χ3v) is 6.09. The third-order valence-electron chi connectivity index (χ3n) is 4.31. The molecule has 0 fully saturated rings. The normalized spacial score (nSPS) is 11.0. The summed E-state index contributed by atoms with van der Waals surface area (Å²) in [6.45, 7) is 2.08. The van der Waals surface area contributed by atoms with E-state index in [2.05, 4.69) is 86.1 Å². The highest BCUT2D eigenvalue weighted by atomic mass is 79.9. The molecule has 0 radical (unpaired) electrons. The molecule has 0 saturated heterocycles. The van der Waals surface area contributed by atoms with Crippen LogP contribution in [0.3, 0.4) is 0 Å². The van der Waals surface area contributed by atoms with Crippen molar-refractivity contribution in [2.24, 2.45) is 0 Å².